The molecule has 1 aliphatic heterocycles. The average Bonchev–Trinajstić information content (AvgIpc) is 3.11. The first-order valence-electron chi connectivity index (χ1n) is 11.4. The van der Waals surface area contributed by atoms with Crippen LogP contribution < -0.4 is 9.64 Å². The van der Waals surface area contributed by atoms with Gasteiger partial charge in [0.2, 0.25) is 0 Å². The van der Waals surface area contributed by atoms with Crippen LogP contribution in [0.25, 0.3) is 5.76 Å². The Balaban J connectivity index is 1.94. The molecule has 4 rings (SSSR count). The van der Waals surface area contributed by atoms with Gasteiger partial charge >= 0.3 is 0 Å². The molecule has 0 aliphatic carbocycles. The molecule has 5 nitrogen and oxygen atoms in total. The number of aliphatic hydroxyl groups excluding tert-OH is 1. The van der Waals surface area contributed by atoms with Gasteiger partial charge in [-0.25, -0.2) is 4.39 Å². The van der Waals surface area contributed by atoms with Crippen molar-refractivity contribution in [2.75, 3.05) is 11.5 Å². The van der Waals surface area contributed by atoms with E-state index in [0.29, 0.717) is 29.2 Å². The number of aliphatic hydroxyl groups is 1. The quantitative estimate of drug-likeness (QED) is 0.207. The van der Waals surface area contributed by atoms with Crippen LogP contribution in [0.5, 0.6) is 5.75 Å². The Morgan fingerprint density at radius 2 is 1.72 bits per heavy atom. The Bertz CT molecular complexity index is 1370. The molecule has 1 amide bonds. The van der Waals surface area contributed by atoms with Crippen molar-refractivity contribution in [1.82, 2.24) is 0 Å². The molecule has 0 saturated carbocycles. The predicted octanol–water partition coefficient (Wildman–Crippen LogP) is 7.28. The molecule has 36 heavy (non-hydrogen) atoms. The van der Waals surface area contributed by atoms with Gasteiger partial charge in [0.1, 0.15) is 17.3 Å². The van der Waals surface area contributed by atoms with Crippen molar-refractivity contribution in [3.63, 3.8) is 0 Å². The van der Waals surface area contributed by atoms with Crippen molar-refractivity contribution in [3.8, 4) is 5.75 Å². The van der Waals surface area contributed by atoms with Crippen LogP contribution in [-0.2, 0) is 9.59 Å². The Morgan fingerprint density at radius 1 is 1.03 bits per heavy atom. The zero-order chi connectivity index (χ0) is 26.1. The Kier molecular flexibility index (Phi) is 7.38. The van der Waals surface area contributed by atoms with E-state index >= 15 is 0 Å². The minimum Gasteiger partial charge on any atom is -0.507 e. The number of hydrogen-bond donors (Lipinski definition) is 1. The van der Waals surface area contributed by atoms with Crippen LogP contribution >= 0.6 is 23.2 Å². The third-order valence-electron chi connectivity index (χ3n) is 6.02. The smallest absolute Gasteiger partial charge is 0.300 e. The molecule has 1 N–H and O–H groups in total. The van der Waals surface area contributed by atoms with Crippen molar-refractivity contribution < 1.29 is 23.8 Å². The number of carbonyl (C=O) groups excluding carboxylic acids is 2. The van der Waals surface area contributed by atoms with Gasteiger partial charge in [0.25, 0.3) is 11.7 Å². The number of nitrogens with zero attached hydrogens (tertiary/aromatic N) is 1. The monoisotopic (exact) mass is 527 g/mol. The van der Waals surface area contributed by atoms with Gasteiger partial charge in [-0.2, -0.15) is 0 Å². The number of ketones is 1. The van der Waals surface area contributed by atoms with Gasteiger partial charge < -0.3 is 9.84 Å². The van der Waals surface area contributed by atoms with Crippen LogP contribution in [0, 0.1) is 5.82 Å². The van der Waals surface area contributed by atoms with Gasteiger partial charge in [-0.1, -0.05) is 49.2 Å². The second-order valence-corrected chi connectivity index (χ2v) is 9.47. The lowest BCUT2D eigenvalue weighted by atomic mass is 9.93. The molecule has 3 aromatic rings. The fourth-order valence-electron chi connectivity index (χ4n) is 4.28. The summed E-state index contributed by atoms with van der Waals surface area (Å²) in [6.07, 6.45) is 0. The summed E-state index contributed by atoms with van der Waals surface area (Å²) in [5.74, 6) is -1.78. The maximum atomic E-state index is 13.7. The average molecular weight is 528 g/mol. The number of benzene rings is 3. The van der Waals surface area contributed by atoms with Gasteiger partial charge in [-0.05, 0) is 72.5 Å². The number of ether oxygens (including phenoxy) is 1. The van der Waals surface area contributed by atoms with E-state index in [4.69, 9.17) is 27.9 Å². The molecule has 1 heterocycles. The summed E-state index contributed by atoms with van der Waals surface area (Å²) in [6, 6.07) is 14.1. The van der Waals surface area contributed by atoms with E-state index in [2.05, 4.69) is 0 Å². The summed E-state index contributed by atoms with van der Waals surface area (Å²) in [4.78, 5) is 27.8. The van der Waals surface area contributed by atoms with E-state index in [-0.39, 0.29) is 27.3 Å². The molecule has 1 aliphatic rings. The number of rotatable bonds is 6. The molecule has 1 fully saturated rings. The molecule has 8 heteroatoms. The molecule has 0 aromatic heterocycles. The number of carbonyl (C=O) groups is 2. The highest BCUT2D eigenvalue weighted by atomic mass is 35.5. The first-order valence-corrected chi connectivity index (χ1v) is 12.2. The highest BCUT2D eigenvalue weighted by Gasteiger charge is 2.47. The molecule has 1 atom stereocenters. The van der Waals surface area contributed by atoms with Crippen LogP contribution in [0.15, 0.2) is 66.2 Å². The number of Topliss-reactive ketones (excluding diaryl/α,β-unsaturated/α-hetero) is 1. The largest absolute Gasteiger partial charge is 0.507 e. The fraction of sp³-hybridized carbons (Fsp3) is 0.214. The third kappa shape index (κ3) is 4.71. The first kappa shape index (κ1) is 25.7. The molecule has 0 bridgehead atoms. The molecule has 1 unspecified atom stereocenters. The Labute approximate surface area is 218 Å². The molecule has 3 aromatic carbocycles. The van der Waals surface area contributed by atoms with E-state index in [1.54, 1.807) is 24.3 Å². The zero-order valence-corrected chi connectivity index (χ0v) is 21.4. The maximum absolute atomic E-state index is 13.7. The highest BCUT2D eigenvalue weighted by molar-refractivity contribution is 6.52. The highest BCUT2D eigenvalue weighted by Crippen LogP contribution is 2.44. The number of hydrogen-bond acceptors (Lipinski definition) is 4. The molecular formula is C28H24Cl2FNO4. The van der Waals surface area contributed by atoms with Gasteiger partial charge in [-0.15, -0.1) is 0 Å². The van der Waals surface area contributed by atoms with Gasteiger partial charge in [0.15, 0.2) is 0 Å². The van der Waals surface area contributed by atoms with Gasteiger partial charge in [0, 0.05) is 11.3 Å². The third-order valence-corrected chi connectivity index (χ3v) is 6.76. The van der Waals surface area contributed by atoms with Crippen molar-refractivity contribution in [1.29, 1.82) is 0 Å². The summed E-state index contributed by atoms with van der Waals surface area (Å²) < 4.78 is 19.4. The summed E-state index contributed by atoms with van der Waals surface area (Å²) in [5, 5.41) is 11.9. The summed E-state index contributed by atoms with van der Waals surface area (Å²) in [5.41, 5.74) is 1.85. The number of anilines is 1. The summed E-state index contributed by atoms with van der Waals surface area (Å²) in [6.45, 7) is 6.34. The second-order valence-electron chi connectivity index (χ2n) is 8.66. The van der Waals surface area contributed by atoms with Gasteiger partial charge in [0.05, 0.1) is 28.3 Å². The molecule has 1 saturated heterocycles. The Hall–Kier alpha value is -3.35. The summed E-state index contributed by atoms with van der Waals surface area (Å²) >= 11 is 12.2. The van der Waals surface area contributed by atoms with Crippen molar-refractivity contribution >= 4 is 46.3 Å². The number of halogens is 3. The van der Waals surface area contributed by atoms with Crippen LogP contribution in [0.3, 0.4) is 0 Å². The minimum absolute atomic E-state index is 0.0748. The van der Waals surface area contributed by atoms with Crippen molar-refractivity contribution in [2.45, 2.75) is 32.7 Å². The predicted molar refractivity (Wildman–Crippen MR) is 139 cm³/mol. The van der Waals surface area contributed by atoms with Crippen LogP contribution in [0.2, 0.25) is 10.0 Å². The maximum Gasteiger partial charge on any atom is 0.300 e. The lowest BCUT2D eigenvalue weighted by molar-refractivity contribution is -0.132. The van der Waals surface area contributed by atoms with Crippen molar-refractivity contribution in [3.05, 3.63) is 98.8 Å². The zero-order valence-electron chi connectivity index (χ0n) is 19.9. The van der Waals surface area contributed by atoms with Crippen LogP contribution in [0.1, 0.15) is 49.4 Å². The van der Waals surface area contributed by atoms with Crippen LogP contribution in [0.4, 0.5) is 10.1 Å². The first-order chi connectivity index (χ1) is 17.1. The van der Waals surface area contributed by atoms with E-state index in [9.17, 15) is 19.1 Å². The Morgan fingerprint density at radius 3 is 2.33 bits per heavy atom. The lowest BCUT2D eigenvalue weighted by Gasteiger charge is -2.26. The van der Waals surface area contributed by atoms with Crippen molar-refractivity contribution in [2.24, 2.45) is 0 Å². The minimum atomic E-state index is -1.02. The van der Waals surface area contributed by atoms with E-state index in [1.807, 2.05) is 20.8 Å². The van der Waals surface area contributed by atoms with E-state index < -0.39 is 23.5 Å². The molecular weight excluding hydrogens is 504 g/mol. The normalized spacial score (nSPS) is 17.2. The van der Waals surface area contributed by atoms with Crippen LogP contribution in [-0.4, -0.2) is 23.4 Å². The SMILES string of the molecule is CCOc1ccc(/C(O)=C2/C(=O)C(=O)N(c3ccc(Cl)c(Cl)c3)C2c2ccc(F)cc2)cc1C(C)C. The van der Waals surface area contributed by atoms with Gasteiger partial charge in [-0.3, -0.25) is 14.5 Å². The van der Waals surface area contributed by atoms with E-state index in [1.165, 1.54) is 41.3 Å². The molecule has 0 spiro atoms. The topological polar surface area (TPSA) is 66.8 Å². The number of amides is 1. The fourth-order valence-corrected chi connectivity index (χ4v) is 4.58. The van der Waals surface area contributed by atoms with E-state index in [0.717, 1.165) is 5.56 Å². The second kappa shape index (κ2) is 10.3. The lowest BCUT2D eigenvalue weighted by Crippen LogP contribution is -2.29. The molecule has 0 radical (unpaired) electrons. The molecule has 186 valence electrons. The standard InChI is InChI=1S/C28H24Cl2FNO4/c1-4-36-23-12-7-17(13-20(23)15(2)3)26(33)24-25(16-5-8-18(31)9-6-16)32(28(35)27(24)34)19-10-11-21(29)22(30)14-19/h5-15,25,33H,4H2,1-3H3/b26-24-. The summed E-state index contributed by atoms with van der Waals surface area (Å²) in [7, 11) is 0.